The van der Waals surface area contributed by atoms with Gasteiger partial charge in [0, 0.05) is 19.2 Å². The van der Waals surface area contributed by atoms with Gasteiger partial charge in [-0.3, -0.25) is 0 Å². The molecule has 0 aromatic carbocycles. The number of hydrogen-bond donors (Lipinski definition) is 1. The van der Waals surface area contributed by atoms with Gasteiger partial charge >= 0.3 is 0 Å². The second-order valence-electron chi connectivity index (χ2n) is 4.62. The number of unbranched alkanes of at least 4 members (excludes halogenated alkanes) is 1. The standard InChI is InChI=1S/C15H26N2O2/c1-4-6-7-13(5-2)17-14-8-9-15(16-12-14)19-11-10-18-3/h8-9,12-13,17H,4-7,10-11H2,1-3H3. The Kier molecular flexibility index (Phi) is 7.98. The van der Waals surface area contributed by atoms with Crippen molar-refractivity contribution in [2.75, 3.05) is 25.6 Å². The highest BCUT2D eigenvalue weighted by Gasteiger charge is 2.05. The van der Waals surface area contributed by atoms with Gasteiger partial charge in [0.15, 0.2) is 0 Å². The number of pyridine rings is 1. The van der Waals surface area contributed by atoms with Gasteiger partial charge in [-0.1, -0.05) is 26.7 Å². The lowest BCUT2D eigenvalue weighted by Crippen LogP contribution is -2.18. The molecule has 0 aliphatic heterocycles. The Labute approximate surface area is 116 Å². The van der Waals surface area contributed by atoms with Crippen LogP contribution in [0, 0.1) is 0 Å². The third-order valence-electron chi connectivity index (χ3n) is 3.04. The maximum absolute atomic E-state index is 5.43. The monoisotopic (exact) mass is 266 g/mol. The van der Waals surface area contributed by atoms with Crippen molar-refractivity contribution in [2.45, 2.75) is 45.6 Å². The van der Waals surface area contributed by atoms with Gasteiger partial charge in [0.25, 0.3) is 0 Å². The third-order valence-corrected chi connectivity index (χ3v) is 3.04. The first-order valence-electron chi connectivity index (χ1n) is 7.14. The number of ether oxygens (including phenoxy) is 2. The predicted octanol–water partition coefficient (Wildman–Crippen LogP) is 3.49. The van der Waals surface area contributed by atoms with E-state index in [0.29, 0.717) is 25.1 Å². The Bertz CT molecular complexity index is 327. The summed E-state index contributed by atoms with van der Waals surface area (Å²) in [5, 5.41) is 3.52. The molecule has 1 rings (SSSR count). The second kappa shape index (κ2) is 9.62. The van der Waals surface area contributed by atoms with E-state index in [1.807, 2.05) is 18.3 Å². The number of aromatic nitrogens is 1. The molecule has 4 heteroatoms. The first-order chi connectivity index (χ1) is 9.30. The fourth-order valence-corrected chi connectivity index (χ4v) is 1.85. The zero-order chi connectivity index (χ0) is 13.9. The minimum absolute atomic E-state index is 0.530. The molecule has 19 heavy (non-hydrogen) atoms. The molecule has 1 aromatic heterocycles. The van der Waals surface area contributed by atoms with E-state index in [1.54, 1.807) is 7.11 Å². The summed E-state index contributed by atoms with van der Waals surface area (Å²) < 4.78 is 10.4. The van der Waals surface area contributed by atoms with Crippen molar-refractivity contribution >= 4 is 5.69 Å². The molecule has 1 unspecified atom stereocenters. The van der Waals surface area contributed by atoms with Crippen LogP contribution >= 0.6 is 0 Å². The molecule has 0 aliphatic carbocycles. The van der Waals surface area contributed by atoms with Crippen LogP contribution in [0.15, 0.2) is 18.3 Å². The van der Waals surface area contributed by atoms with Crippen molar-refractivity contribution in [1.29, 1.82) is 0 Å². The van der Waals surface area contributed by atoms with E-state index in [1.165, 1.54) is 19.3 Å². The van der Waals surface area contributed by atoms with Crippen molar-refractivity contribution in [2.24, 2.45) is 0 Å². The number of nitrogens with one attached hydrogen (secondary N) is 1. The van der Waals surface area contributed by atoms with E-state index >= 15 is 0 Å². The van der Waals surface area contributed by atoms with E-state index in [-0.39, 0.29) is 0 Å². The van der Waals surface area contributed by atoms with Crippen LogP contribution < -0.4 is 10.1 Å². The van der Waals surface area contributed by atoms with Gasteiger partial charge in [-0.05, 0) is 18.9 Å². The lowest BCUT2D eigenvalue weighted by Gasteiger charge is -2.17. The van der Waals surface area contributed by atoms with Crippen LogP contribution in [0.5, 0.6) is 5.88 Å². The van der Waals surface area contributed by atoms with Crippen LogP contribution in [-0.2, 0) is 4.74 Å². The summed E-state index contributed by atoms with van der Waals surface area (Å²) in [6.07, 6.45) is 6.67. The fourth-order valence-electron chi connectivity index (χ4n) is 1.85. The van der Waals surface area contributed by atoms with Gasteiger partial charge in [-0.25, -0.2) is 4.98 Å². The zero-order valence-corrected chi connectivity index (χ0v) is 12.3. The number of anilines is 1. The van der Waals surface area contributed by atoms with Crippen LogP contribution in [0.4, 0.5) is 5.69 Å². The highest BCUT2D eigenvalue weighted by molar-refractivity contribution is 5.42. The Morgan fingerprint density at radius 3 is 2.68 bits per heavy atom. The summed E-state index contributed by atoms with van der Waals surface area (Å²) in [5.41, 5.74) is 1.06. The molecular formula is C15H26N2O2. The zero-order valence-electron chi connectivity index (χ0n) is 12.3. The molecule has 1 heterocycles. The van der Waals surface area contributed by atoms with E-state index in [2.05, 4.69) is 24.1 Å². The Balaban J connectivity index is 2.41. The minimum Gasteiger partial charge on any atom is -0.475 e. The van der Waals surface area contributed by atoms with Crippen LogP contribution in [0.3, 0.4) is 0 Å². The average molecular weight is 266 g/mol. The Hall–Kier alpha value is -1.29. The molecule has 0 saturated carbocycles. The molecule has 108 valence electrons. The maximum atomic E-state index is 5.43. The fraction of sp³-hybridized carbons (Fsp3) is 0.667. The average Bonchev–Trinajstić information content (AvgIpc) is 2.45. The Morgan fingerprint density at radius 1 is 1.26 bits per heavy atom. The van der Waals surface area contributed by atoms with Gasteiger partial charge in [0.2, 0.25) is 5.88 Å². The van der Waals surface area contributed by atoms with Crippen molar-refractivity contribution in [3.63, 3.8) is 0 Å². The van der Waals surface area contributed by atoms with Crippen LogP contribution in [0.25, 0.3) is 0 Å². The number of nitrogens with zero attached hydrogens (tertiary/aromatic N) is 1. The highest BCUT2D eigenvalue weighted by atomic mass is 16.5. The van der Waals surface area contributed by atoms with E-state index < -0.39 is 0 Å². The van der Waals surface area contributed by atoms with E-state index in [0.717, 1.165) is 12.1 Å². The lowest BCUT2D eigenvalue weighted by molar-refractivity contribution is 0.144. The van der Waals surface area contributed by atoms with E-state index in [9.17, 15) is 0 Å². The largest absolute Gasteiger partial charge is 0.475 e. The van der Waals surface area contributed by atoms with Gasteiger partial charge < -0.3 is 14.8 Å². The van der Waals surface area contributed by atoms with Crippen LogP contribution in [-0.4, -0.2) is 31.3 Å². The summed E-state index contributed by atoms with van der Waals surface area (Å²) >= 11 is 0. The van der Waals surface area contributed by atoms with Gasteiger partial charge in [0.1, 0.15) is 6.61 Å². The minimum atomic E-state index is 0.530. The molecule has 1 atom stereocenters. The summed E-state index contributed by atoms with van der Waals surface area (Å²) in [5.74, 6) is 0.643. The molecule has 0 aliphatic rings. The molecule has 0 amide bonds. The third kappa shape index (κ3) is 6.43. The highest BCUT2D eigenvalue weighted by Crippen LogP contribution is 2.15. The van der Waals surface area contributed by atoms with Crippen LogP contribution in [0.1, 0.15) is 39.5 Å². The van der Waals surface area contributed by atoms with Gasteiger partial charge in [0.05, 0.1) is 18.5 Å². The molecule has 0 saturated heterocycles. The lowest BCUT2D eigenvalue weighted by atomic mass is 10.1. The van der Waals surface area contributed by atoms with Crippen LogP contribution in [0.2, 0.25) is 0 Å². The first kappa shape index (κ1) is 15.8. The molecular weight excluding hydrogens is 240 g/mol. The van der Waals surface area contributed by atoms with E-state index in [4.69, 9.17) is 9.47 Å². The van der Waals surface area contributed by atoms with Gasteiger partial charge in [-0.15, -0.1) is 0 Å². The number of rotatable bonds is 10. The summed E-state index contributed by atoms with van der Waals surface area (Å²) in [6, 6.07) is 4.44. The first-order valence-corrected chi connectivity index (χ1v) is 7.14. The summed E-state index contributed by atoms with van der Waals surface area (Å²) in [7, 11) is 1.66. The number of methoxy groups -OCH3 is 1. The molecule has 0 spiro atoms. The molecule has 0 bridgehead atoms. The molecule has 0 radical (unpaired) electrons. The molecule has 1 aromatic rings. The smallest absolute Gasteiger partial charge is 0.213 e. The molecule has 1 N–H and O–H groups in total. The van der Waals surface area contributed by atoms with Crippen molar-refractivity contribution < 1.29 is 9.47 Å². The SMILES string of the molecule is CCCCC(CC)Nc1ccc(OCCOC)nc1. The van der Waals surface area contributed by atoms with Crippen molar-refractivity contribution in [3.05, 3.63) is 18.3 Å². The summed E-state index contributed by atoms with van der Waals surface area (Å²) in [4.78, 5) is 4.28. The number of hydrogen-bond acceptors (Lipinski definition) is 4. The van der Waals surface area contributed by atoms with Crippen molar-refractivity contribution in [3.8, 4) is 5.88 Å². The molecule has 0 fully saturated rings. The second-order valence-corrected chi connectivity index (χ2v) is 4.62. The quantitative estimate of drug-likeness (QED) is 0.658. The molecule has 4 nitrogen and oxygen atoms in total. The van der Waals surface area contributed by atoms with Crippen molar-refractivity contribution in [1.82, 2.24) is 4.98 Å². The normalized spacial score (nSPS) is 12.2. The predicted molar refractivity (Wildman–Crippen MR) is 78.8 cm³/mol. The Morgan fingerprint density at radius 2 is 2.11 bits per heavy atom. The maximum Gasteiger partial charge on any atom is 0.213 e. The van der Waals surface area contributed by atoms with Gasteiger partial charge in [-0.2, -0.15) is 0 Å². The topological polar surface area (TPSA) is 43.4 Å². The summed E-state index contributed by atoms with van der Waals surface area (Å²) in [6.45, 7) is 5.55.